The average molecular weight is 323 g/mol. The first-order valence-corrected chi connectivity index (χ1v) is 8.28. The minimum absolute atomic E-state index is 0.0241. The van der Waals surface area contributed by atoms with Gasteiger partial charge in [0.05, 0.1) is 13.0 Å². The van der Waals surface area contributed by atoms with Gasteiger partial charge in [-0.1, -0.05) is 30.7 Å². The quantitative estimate of drug-likeness (QED) is 0.906. The van der Waals surface area contributed by atoms with Crippen LogP contribution in [0.5, 0.6) is 0 Å². The number of halogens is 1. The number of nitrogens with zero attached hydrogens (tertiary/aromatic N) is 1. The van der Waals surface area contributed by atoms with Crippen LogP contribution in [0.1, 0.15) is 38.2 Å². The number of benzene rings is 1. The number of amides is 2. The summed E-state index contributed by atoms with van der Waals surface area (Å²) in [6.07, 6.45) is 4.55. The number of carbonyl (C=O) groups is 2. The maximum absolute atomic E-state index is 12.3. The monoisotopic (exact) mass is 322 g/mol. The van der Waals surface area contributed by atoms with Gasteiger partial charge in [0.2, 0.25) is 11.8 Å². The van der Waals surface area contributed by atoms with E-state index in [1.807, 2.05) is 17.0 Å². The first kappa shape index (κ1) is 16.8. The van der Waals surface area contributed by atoms with Crippen molar-refractivity contribution < 1.29 is 9.59 Å². The van der Waals surface area contributed by atoms with Gasteiger partial charge in [-0.25, -0.2) is 0 Å². The Bertz CT molecular complexity index is 516. The highest BCUT2D eigenvalue weighted by atomic mass is 35.5. The zero-order valence-corrected chi connectivity index (χ0v) is 13.7. The van der Waals surface area contributed by atoms with Crippen LogP contribution in [-0.2, 0) is 16.0 Å². The molecule has 1 atom stereocenters. The van der Waals surface area contributed by atoms with E-state index < -0.39 is 0 Å². The summed E-state index contributed by atoms with van der Waals surface area (Å²) in [5.74, 6) is -0.114. The molecule has 1 heterocycles. The van der Waals surface area contributed by atoms with Crippen LogP contribution in [0.2, 0.25) is 5.02 Å². The minimum atomic E-state index is -0.138. The van der Waals surface area contributed by atoms with E-state index in [0.29, 0.717) is 11.1 Å². The highest BCUT2D eigenvalue weighted by Crippen LogP contribution is 2.19. The summed E-state index contributed by atoms with van der Waals surface area (Å²) in [7, 11) is 0. The first-order valence-electron chi connectivity index (χ1n) is 7.90. The number of likely N-dealkylation sites (tertiary alicyclic amines) is 1. The van der Waals surface area contributed by atoms with Crippen molar-refractivity contribution in [2.45, 2.75) is 45.1 Å². The Morgan fingerprint density at radius 2 is 2.00 bits per heavy atom. The molecule has 120 valence electrons. The third-order valence-electron chi connectivity index (χ3n) is 4.13. The van der Waals surface area contributed by atoms with Crippen LogP contribution in [0, 0.1) is 0 Å². The van der Waals surface area contributed by atoms with E-state index in [1.165, 1.54) is 6.42 Å². The molecule has 0 saturated carbocycles. The molecule has 0 radical (unpaired) electrons. The summed E-state index contributed by atoms with van der Waals surface area (Å²) in [5, 5.41) is 3.37. The topological polar surface area (TPSA) is 49.4 Å². The van der Waals surface area contributed by atoms with Crippen LogP contribution in [0.3, 0.4) is 0 Å². The van der Waals surface area contributed by atoms with Crippen LogP contribution in [-0.4, -0.2) is 35.8 Å². The van der Waals surface area contributed by atoms with Crippen molar-refractivity contribution in [2.75, 3.05) is 13.1 Å². The van der Waals surface area contributed by atoms with Crippen molar-refractivity contribution in [1.29, 1.82) is 0 Å². The lowest BCUT2D eigenvalue weighted by atomic mass is 10.00. The van der Waals surface area contributed by atoms with Gasteiger partial charge < -0.3 is 10.2 Å². The third-order valence-corrected chi connectivity index (χ3v) is 4.39. The van der Waals surface area contributed by atoms with Gasteiger partial charge in [0.1, 0.15) is 0 Å². The highest BCUT2D eigenvalue weighted by Gasteiger charge is 2.25. The van der Waals surface area contributed by atoms with Gasteiger partial charge >= 0.3 is 0 Å². The summed E-state index contributed by atoms with van der Waals surface area (Å²) in [4.78, 5) is 26.1. The SMILES string of the molecule is CCC1CCCCN1C(=O)CNC(=O)Cc1ccc(Cl)cc1. The Morgan fingerprint density at radius 1 is 1.27 bits per heavy atom. The fraction of sp³-hybridized carbons (Fsp3) is 0.529. The highest BCUT2D eigenvalue weighted by molar-refractivity contribution is 6.30. The van der Waals surface area contributed by atoms with Gasteiger partial charge in [-0.15, -0.1) is 0 Å². The lowest BCUT2D eigenvalue weighted by Gasteiger charge is -2.35. The molecule has 1 N–H and O–H groups in total. The van der Waals surface area contributed by atoms with Gasteiger partial charge in [-0.05, 0) is 43.4 Å². The molecule has 1 saturated heterocycles. The second-order valence-electron chi connectivity index (χ2n) is 5.72. The Morgan fingerprint density at radius 3 is 2.68 bits per heavy atom. The molecule has 1 aromatic carbocycles. The second kappa shape index (κ2) is 8.18. The van der Waals surface area contributed by atoms with Crippen molar-refractivity contribution in [2.24, 2.45) is 0 Å². The smallest absolute Gasteiger partial charge is 0.242 e. The van der Waals surface area contributed by atoms with Crippen LogP contribution >= 0.6 is 11.6 Å². The van der Waals surface area contributed by atoms with Gasteiger partial charge in [0.25, 0.3) is 0 Å². The Balaban J connectivity index is 1.80. The molecule has 1 fully saturated rings. The Hall–Kier alpha value is -1.55. The van der Waals surface area contributed by atoms with E-state index in [-0.39, 0.29) is 24.8 Å². The van der Waals surface area contributed by atoms with Crippen LogP contribution < -0.4 is 5.32 Å². The summed E-state index contributed by atoms with van der Waals surface area (Å²) in [6, 6.07) is 7.49. The number of rotatable bonds is 5. The number of carbonyl (C=O) groups excluding carboxylic acids is 2. The van der Waals surface area contributed by atoms with E-state index in [4.69, 9.17) is 11.6 Å². The molecular weight excluding hydrogens is 300 g/mol. The lowest BCUT2D eigenvalue weighted by Crippen LogP contribution is -2.47. The molecule has 0 aromatic heterocycles. The largest absolute Gasteiger partial charge is 0.347 e. The molecular formula is C17H23ClN2O2. The molecule has 1 aromatic rings. The van der Waals surface area contributed by atoms with Crippen molar-refractivity contribution in [3.05, 3.63) is 34.9 Å². The normalized spacial score (nSPS) is 18.1. The van der Waals surface area contributed by atoms with Gasteiger partial charge in [0, 0.05) is 17.6 Å². The molecule has 4 nitrogen and oxygen atoms in total. The molecule has 2 amide bonds. The maximum atomic E-state index is 12.3. The molecule has 22 heavy (non-hydrogen) atoms. The maximum Gasteiger partial charge on any atom is 0.242 e. The average Bonchev–Trinajstić information content (AvgIpc) is 2.54. The zero-order chi connectivity index (χ0) is 15.9. The molecule has 1 aliphatic heterocycles. The number of nitrogens with one attached hydrogen (secondary N) is 1. The fourth-order valence-corrected chi connectivity index (χ4v) is 3.01. The Kier molecular flexibility index (Phi) is 6.25. The van der Waals surface area contributed by atoms with Crippen molar-refractivity contribution in [3.63, 3.8) is 0 Å². The molecule has 2 rings (SSSR count). The van der Waals surface area contributed by atoms with Crippen LogP contribution in [0.15, 0.2) is 24.3 Å². The van der Waals surface area contributed by atoms with Crippen LogP contribution in [0.4, 0.5) is 0 Å². The zero-order valence-electron chi connectivity index (χ0n) is 13.0. The third kappa shape index (κ3) is 4.73. The van der Waals surface area contributed by atoms with E-state index in [1.54, 1.807) is 12.1 Å². The van der Waals surface area contributed by atoms with Crippen LogP contribution in [0.25, 0.3) is 0 Å². The van der Waals surface area contributed by atoms with Crippen molar-refractivity contribution in [3.8, 4) is 0 Å². The Labute approximate surface area is 136 Å². The van der Waals surface area contributed by atoms with E-state index >= 15 is 0 Å². The van der Waals surface area contributed by atoms with Crippen molar-refractivity contribution >= 4 is 23.4 Å². The van der Waals surface area contributed by atoms with Gasteiger partial charge in [-0.3, -0.25) is 9.59 Å². The van der Waals surface area contributed by atoms with E-state index in [9.17, 15) is 9.59 Å². The molecule has 0 bridgehead atoms. The molecule has 1 unspecified atom stereocenters. The number of hydrogen-bond acceptors (Lipinski definition) is 2. The summed E-state index contributed by atoms with van der Waals surface area (Å²) in [6.45, 7) is 3.00. The van der Waals surface area contributed by atoms with Gasteiger partial charge in [0.15, 0.2) is 0 Å². The number of hydrogen-bond donors (Lipinski definition) is 1. The molecule has 0 aliphatic carbocycles. The summed E-state index contributed by atoms with van der Waals surface area (Å²) < 4.78 is 0. The summed E-state index contributed by atoms with van der Waals surface area (Å²) in [5.41, 5.74) is 0.888. The minimum Gasteiger partial charge on any atom is -0.347 e. The second-order valence-corrected chi connectivity index (χ2v) is 6.16. The molecule has 5 heteroatoms. The fourth-order valence-electron chi connectivity index (χ4n) is 2.88. The standard InChI is InChI=1S/C17H23ClN2O2/c1-2-15-5-3-4-10-20(15)17(22)12-19-16(21)11-13-6-8-14(18)9-7-13/h6-9,15H,2-5,10-12H2,1H3,(H,19,21). The van der Waals surface area contributed by atoms with Crippen molar-refractivity contribution in [1.82, 2.24) is 10.2 Å². The lowest BCUT2D eigenvalue weighted by molar-refractivity contribution is -0.135. The number of piperidine rings is 1. The summed E-state index contributed by atoms with van der Waals surface area (Å²) >= 11 is 5.81. The first-order chi connectivity index (χ1) is 10.6. The molecule has 0 spiro atoms. The van der Waals surface area contributed by atoms with E-state index in [2.05, 4.69) is 12.2 Å². The predicted octanol–water partition coefficient (Wildman–Crippen LogP) is 2.79. The predicted molar refractivity (Wildman–Crippen MR) is 87.8 cm³/mol. The molecule has 1 aliphatic rings. The van der Waals surface area contributed by atoms with Gasteiger partial charge in [-0.2, -0.15) is 0 Å². The van der Waals surface area contributed by atoms with E-state index in [0.717, 1.165) is 31.4 Å².